The molecule has 1 aliphatic heterocycles. The third-order valence-electron chi connectivity index (χ3n) is 5.59. The van der Waals surface area contributed by atoms with E-state index in [1.165, 1.54) is 24.3 Å². The van der Waals surface area contributed by atoms with Gasteiger partial charge in [-0.25, -0.2) is 4.39 Å². The monoisotopic (exact) mass is 421 g/mol. The van der Waals surface area contributed by atoms with Crippen LogP contribution in [0.15, 0.2) is 54.9 Å². The van der Waals surface area contributed by atoms with Crippen LogP contribution in [0.25, 0.3) is 0 Å². The number of hydrogen-bond acceptors (Lipinski definition) is 4. The number of rotatable bonds is 5. The smallest absolute Gasteiger partial charge is 0.272 e. The number of halogens is 1. The van der Waals surface area contributed by atoms with Gasteiger partial charge in [-0.15, -0.1) is 0 Å². The Bertz CT molecular complexity index is 1050. The minimum atomic E-state index is -0.354. The van der Waals surface area contributed by atoms with Crippen molar-refractivity contribution in [1.29, 1.82) is 0 Å². The van der Waals surface area contributed by atoms with Crippen molar-refractivity contribution in [3.8, 4) is 0 Å². The van der Waals surface area contributed by atoms with Crippen molar-refractivity contribution >= 4 is 17.5 Å². The molecule has 4 rings (SSSR count). The van der Waals surface area contributed by atoms with E-state index in [-0.39, 0.29) is 23.5 Å². The molecule has 8 heteroatoms. The van der Waals surface area contributed by atoms with E-state index in [0.29, 0.717) is 36.6 Å². The van der Waals surface area contributed by atoms with E-state index >= 15 is 0 Å². The Morgan fingerprint density at radius 3 is 2.48 bits per heavy atom. The van der Waals surface area contributed by atoms with Gasteiger partial charge in [0.2, 0.25) is 0 Å². The Morgan fingerprint density at radius 1 is 1.10 bits per heavy atom. The lowest BCUT2D eigenvalue weighted by Crippen LogP contribution is -2.39. The van der Waals surface area contributed by atoms with E-state index in [9.17, 15) is 14.0 Å². The maximum absolute atomic E-state index is 13.0. The number of aromatic nitrogens is 3. The highest BCUT2D eigenvalue weighted by molar-refractivity contribution is 6.04. The van der Waals surface area contributed by atoms with Crippen LogP contribution in [0.2, 0.25) is 0 Å². The number of piperidine rings is 1. The second-order valence-corrected chi connectivity index (χ2v) is 7.53. The van der Waals surface area contributed by atoms with Crippen LogP contribution in [0, 0.1) is 5.82 Å². The minimum absolute atomic E-state index is 0.0126. The number of amides is 2. The largest absolute Gasteiger partial charge is 0.337 e. The van der Waals surface area contributed by atoms with Gasteiger partial charge >= 0.3 is 0 Å². The van der Waals surface area contributed by atoms with Crippen LogP contribution in [-0.4, -0.2) is 44.6 Å². The lowest BCUT2D eigenvalue weighted by atomic mass is 9.92. The SMILES string of the molecule is CCn1nccc1C(=O)N1CCC(c2ccc(C(=O)Nc3ccc(F)cc3)cn2)CC1. The predicted octanol–water partition coefficient (Wildman–Crippen LogP) is 3.71. The lowest BCUT2D eigenvalue weighted by molar-refractivity contribution is 0.0699. The third-order valence-corrected chi connectivity index (χ3v) is 5.59. The van der Waals surface area contributed by atoms with Gasteiger partial charge in [0.1, 0.15) is 11.5 Å². The number of hydrogen-bond donors (Lipinski definition) is 1. The van der Waals surface area contributed by atoms with Gasteiger partial charge in [-0.2, -0.15) is 5.10 Å². The summed E-state index contributed by atoms with van der Waals surface area (Å²) in [5, 5.41) is 6.90. The Kier molecular flexibility index (Phi) is 6.06. The first-order valence-corrected chi connectivity index (χ1v) is 10.4. The molecule has 2 amide bonds. The van der Waals surface area contributed by atoms with Gasteiger partial charge in [0.25, 0.3) is 11.8 Å². The summed E-state index contributed by atoms with van der Waals surface area (Å²) in [5.41, 5.74) is 2.50. The van der Waals surface area contributed by atoms with Crippen LogP contribution in [0.3, 0.4) is 0 Å². The van der Waals surface area contributed by atoms with Crippen LogP contribution >= 0.6 is 0 Å². The summed E-state index contributed by atoms with van der Waals surface area (Å²) in [4.78, 5) is 31.5. The lowest BCUT2D eigenvalue weighted by Gasteiger charge is -2.31. The fourth-order valence-electron chi connectivity index (χ4n) is 3.82. The Morgan fingerprint density at radius 2 is 1.84 bits per heavy atom. The molecule has 3 heterocycles. The van der Waals surface area contributed by atoms with E-state index < -0.39 is 0 Å². The molecule has 1 saturated heterocycles. The van der Waals surface area contributed by atoms with Crippen molar-refractivity contribution in [1.82, 2.24) is 19.7 Å². The number of anilines is 1. The molecular weight excluding hydrogens is 397 g/mol. The zero-order chi connectivity index (χ0) is 21.8. The average Bonchev–Trinajstić information content (AvgIpc) is 3.29. The fraction of sp³-hybridized carbons (Fsp3) is 0.304. The number of nitrogens with one attached hydrogen (secondary N) is 1. The normalized spacial score (nSPS) is 14.5. The number of benzene rings is 1. The maximum Gasteiger partial charge on any atom is 0.272 e. The van der Waals surface area contributed by atoms with Crippen LogP contribution in [0.5, 0.6) is 0 Å². The summed E-state index contributed by atoms with van der Waals surface area (Å²) >= 11 is 0. The van der Waals surface area contributed by atoms with E-state index in [1.807, 2.05) is 17.9 Å². The summed E-state index contributed by atoms with van der Waals surface area (Å²) in [6.07, 6.45) is 4.85. The molecule has 0 aliphatic carbocycles. The molecule has 31 heavy (non-hydrogen) atoms. The van der Waals surface area contributed by atoms with Crippen molar-refractivity contribution in [3.05, 3.63) is 77.6 Å². The highest BCUT2D eigenvalue weighted by Gasteiger charge is 2.26. The summed E-state index contributed by atoms with van der Waals surface area (Å²) in [5.74, 6) is -0.390. The van der Waals surface area contributed by atoms with Gasteiger partial charge < -0.3 is 10.2 Å². The highest BCUT2D eigenvalue weighted by Crippen LogP contribution is 2.27. The van der Waals surface area contributed by atoms with Gasteiger partial charge in [0.05, 0.1) is 5.56 Å². The Hall–Kier alpha value is -3.55. The van der Waals surface area contributed by atoms with Crippen LogP contribution in [0.4, 0.5) is 10.1 Å². The van der Waals surface area contributed by atoms with E-state index in [2.05, 4.69) is 15.4 Å². The number of likely N-dealkylation sites (tertiary alicyclic amines) is 1. The van der Waals surface area contributed by atoms with Gasteiger partial charge in [-0.3, -0.25) is 19.3 Å². The molecule has 7 nitrogen and oxygen atoms in total. The zero-order valence-electron chi connectivity index (χ0n) is 17.3. The first-order chi connectivity index (χ1) is 15.0. The maximum atomic E-state index is 13.0. The second-order valence-electron chi connectivity index (χ2n) is 7.53. The molecule has 0 spiro atoms. The molecule has 0 bridgehead atoms. The molecule has 3 aromatic rings. The number of carbonyl (C=O) groups is 2. The van der Waals surface area contributed by atoms with Gasteiger partial charge in [0.15, 0.2) is 0 Å². The second kappa shape index (κ2) is 9.07. The molecule has 0 radical (unpaired) electrons. The molecule has 1 aromatic carbocycles. The quantitative estimate of drug-likeness (QED) is 0.681. The molecule has 0 saturated carbocycles. The number of carbonyl (C=O) groups excluding carboxylic acids is 2. The van der Waals surface area contributed by atoms with Crippen molar-refractivity contribution in [3.63, 3.8) is 0 Å². The number of nitrogens with zero attached hydrogens (tertiary/aromatic N) is 4. The van der Waals surface area contributed by atoms with Crippen molar-refractivity contribution in [2.45, 2.75) is 32.2 Å². The molecule has 1 fully saturated rings. The fourth-order valence-corrected chi connectivity index (χ4v) is 3.82. The topological polar surface area (TPSA) is 80.1 Å². The van der Waals surface area contributed by atoms with Gasteiger partial charge in [0, 0.05) is 49.3 Å². The van der Waals surface area contributed by atoms with Crippen molar-refractivity contribution in [2.75, 3.05) is 18.4 Å². The number of aryl methyl sites for hydroxylation is 1. The molecule has 2 aromatic heterocycles. The predicted molar refractivity (Wildman–Crippen MR) is 114 cm³/mol. The van der Waals surface area contributed by atoms with Gasteiger partial charge in [-0.05, 0) is 62.2 Å². The third kappa shape index (κ3) is 4.63. The average molecular weight is 421 g/mol. The number of pyridine rings is 1. The molecule has 1 aliphatic rings. The van der Waals surface area contributed by atoms with Gasteiger partial charge in [-0.1, -0.05) is 0 Å². The summed E-state index contributed by atoms with van der Waals surface area (Å²) in [6, 6.07) is 11.0. The van der Waals surface area contributed by atoms with Crippen molar-refractivity contribution in [2.24, 2.45) is 0 Å². The Labute approximate surface area is 179 Å². The summed E-state index contributed by atoms with van der Waals surface area (Å²) < 4.78 is 14.7. The molecule has 0 atom stereocenters. The van der Waals surface area contributed by atoms with E-state index in [1.54, 1.807) is 29.2 Å². The van der Waals surface area contributed by atoms with Crippen molar-refractivity contribution < 1.29 is 14.0 Å². The molecule has 1 N–H and O–H groups in total. The van der Waals surface area contributed by atoms with E-state index in [4.69, 9.17) is 0 Å². The standard InChI is InChI=1S/C23H24FN5O2/c1-2-29-21(9-12-26-29)23(31)28-13-10-16(11-14-28)20-8-3-17(15-25-20)22(30)27-19-6-4-18(24)5-7-19/h3-9,12,15-16H,2,10-11,13-14H2,1H3,(H,27,30). The first kappa shape index (κ1) is 20.7. The Balaban J connectivity index is 1.34. The van der Waals surface area contributed by atoms with Crippen LogP contribution in [0.1, 0.15) is 52.2 Å². The molecule has 0 unspecified atom stereocenters. The first-order valence-electron chi connectivity index (χ1n) is 10.4. The zero-order valence-corrected chi connectivity index (χ0v) is 17.3. The van der Waals surface area contributed by atoms with Crippen LogP contribution < -0.4 is 5.32 Å². The van der Waals surface area contributed by atoms with Crippen LogP contribution in [-0.2, 0) is 6.54 Å². The summed E-state index contributed by atoms with van der Waals surface area (Å²) in [7, 11) is 0. The van der Waals surface area contributed by atoms with E-state index in [0.717, 1.165) is 18.5 Å². The minimum Gasteiger partial charge on any atom is -0.337 e. The summed E-state index contributed by atoms with van der Waals surface area (Å²) in [6.45, 7) is 3.95. The highest BCUT2D eigenvalue weighted by atomic mass is 19.1. The molecular formula is C23H24FN5O2. The molecule has 160 valence electrons.